The van der Waals surface area contributed by atoms with Gasteiger partial charge in [0.2, 0.25) is 0 Å². The van der Waals surface area contributed by atoms with E-state index in [9.17, 15) is 4.79 Å². The van der Waals surface area contributed by atoms with Crippen LogP contribution in [0.25, 0.3) is 0 Å². The van der Waals surface area contributed by atoms with Gasteiger partial charge in [-0.25, -0.2) is 4.79 Å². The highest BCUT2D eigenvalue weighted by molar-refractivity contribution is 7.98. The fourth-order valence-corrected chi connectivity index (χ4v) is 2.72. The van der Waals surface area contributed by atoms with Crippen LogP contribution in [0.2, 0.25) is 18.1 Å². The molecule has 0 saturated carbocycles. The van der Waals surface area contributed by atoms with E-state index >= 15 is 0 Å². The van der Waals surface area contributed by atoms with Crippen LogP contribution in [0.5, 0.6) is 0 Å². The summed E-state index contributed by atoms with van der Waals surface area (Å²) in [6, 6.07) is 0. The smallest absolute Gasteiger partial charge is 0.331 e. The Morgan fingerprint density at radius 3 is 2.25 bits per heavy atom. The lowest BCUT2D eigenvalue weighted by atomic mass is 10.2. The lowest BCUT2D eigenvalue weighted by molar-refractivity contribution is -0.145. The summed E-state index contributed by atoms with van der Waals surface area (Å²) in [5.74, 6) is -0.00939. The second kappa shape index (κ2) is 6.07. The minimum Gasteiger partial charge on any atom is -0.479 e. The van der Waals surface area contributed by atoms with E-state index in [0.717, 1.165) is 5.75 Å². The number of rotatable bonds is 6. The Labute approximate surface area is 104 Å². The maximum absolute atomic E-state index is 11.1. The molecule has 0 aliphatic rings. The van der Waals surface area contributed by atoms with Gasteiger partial charge in [-0.1, -0.05) is 20.8 Å². The molecule has 0 aromatic carbocycles. The largest absolute Gasteiger partial charge is 0.479 e. The number of hydrogen-bond donors (Lipinski definition) is 1. The highest BCUT2D eigenvalue weighted by atomic mass is 32.2. The number of carbonyl (C=O) groups is 1. The van der Waals surface area contributed by atoms with Crippen LogP contribution in [-0.4, -0.2) is 37.5 Å². The van der Waals surface area contributed by atoms with Crippen LogP contribution in [0.4, 0.5) is 0 Å². The number of aliphatic carboxylic acids is 1. The second-order valence-electron chi connectivity index (χ2n) is 5.49. The normalized spacial score (nSPS) is 14.9. The molecule has 0 spiro atoms. The average molecular weight is 264 g/mol. The zero-order chi connectivity index (χ0) is 13.0. The third-order valence-electron chi connectivity index (χ3n) is 3.10. The van der Waals surface area contributed by atoms with Crippen molar-refractivity contribution in [3.63, 3.8) is 0 Å². The number of carboxylic acids is 1. The molecule has 0 radical (unpaired) electrons. The molecular formula is C11H24O3SSi. The molecule has 1 N–H and O–H groups in total. The quantitative estimate of drug-likeness (QED) is 0.748. The lowest BCUT2D eigenvalue weighted by Gasteiger charge is -2.38. The Hall–Kier alpha value is -0.00312. The molecule has 96 valence electrons. The van der Waals surface area contributed by atoms with Gasteiger partial charge in [0.25, 0.3) is 0 Å². The monoisotopic (exact) mass is 264 g/mol. The fourth-order valence-electron chi connectivity index (χ4n) is 0.990. The molecule has 1 atom stereocenters. The van der Waals surface area contributed by atoms with Gasteiger partial charge in [-0.15, -0.1) is 0 Å². The van der Waals surface area contributed by atoms with Crippen molar-refractivity contribution in [3.05, 3.63) is 0 Å². The number of carboxylic acid groups (broad SMARTS) is 1. The predicted octanol–water partition coefficient (Wildman–Crippen LogP) is 3.21. The summed E-state index contributed by atoms with van der Waals surface area (Å²) in [5, 5.41) is 9.17. The van der Waals surface area contributed by atoms with E-state index in [0.29, 0.717) is 6.42 Å². The minimum absolute atomic E-state index is 0.0556. The van der Waals surface area contributed by atoms with Crippen molar-refractivity contribution in [1.29, 1.82) is 0 Å². The lowest BCUT2D eigenvalue weighted by Crippen LogP contribution is -2.46. The van der Waals surface area contributed by atoms with Crippen LogP contribution in [0.15, 0.2) is 0 Å². The van der Waals surface area contributed by atoms with E-state index in [2.05, 4.69) is 33.9 Å². The molecule has 0 aliphatic heterocycles. The third kappa shape index (κ3) is 4.89. The van der Waals surface area contributed by atoms with Gasteiger partial charge >= 0.3 is 5.97 Å². The Bertz CT molecular complexity index is 236. The fraction of sp³-hybridized carbons (Fsp3) is 0.909. The van der Waals surface area contributed by atoms with Crippen LogP contribution in [0.1, 0.15) is 27.2 Å². The molecule has 0 rings (SSSR count). The molecule has 5 heteroatoms. The molecule has 0 fully saturated rings. The summed E-state index contributed by atoms with van der Waals surface area (Å²) >= 11 is 1.65. The van der Waals surface area contributed by atoms with Gasteiger partial charge in [-0.3, -0.25) is 0 Å². The summed E-state index contributed by atoms with van der Waals surface area (Å²) in [7, 11) is -1.97. The number of thioether (sulfide) groups is 1. The molecule has 1 unspecified atom stereocenters. The third-order valence-corrected chi connectivity index (χ3v) is 8.23. The molecule has 0 saturated heterocycles. The molecule has 16 heavy (non-hydrogen) atoms. The van der Waals surface area contributed by atoms with E-state index in [1.54, 1.807) is 11.8 Å². The van der Waals surface area contributed by atoms with Gasteiger partial charge in [0.1, 0.15) is 6.10 Å². The first-order valence-electron chi connectivity index (χ1n) is 5.51. The number of hydrogen-bond acceptors (Lipinski definition) is 3. The van der Waals surface area contributed by atoms with Crippen molar-refractivity contribution in [3.8, 4) is 0 Å². The van der Waals surface area contributed by atoms with Crippen molar-refractivity contribution in [2.75, 3.05) is 12.0 Å². The van der Waals surface area contributed by atoms with E-state index < -0.39 is 20.4 Å². The Balaban J connectivity index is 4.56. The second-order valence-corrected chi connectivity index (χ2v) is 11.2. The molecule has 0 amide bonds. The van der Waals surface area contributed by atoms with Crippen molar-refractivity contribution < 1.29 is 14.3 Å². The standard InChI is InChI=1S/C11H24O3SSi/c1-11(2,3)16(5,6)14-9(10(12)13)7-8-15-4/h9H,7-8H2,1-6H3,(H,12,13). The van der Waals surface area contributed by atoms with Gasteiger partial charge in [0, 0.05) is 0 Å². The zero-order valence-electron chi connectivity index (χ0n) is 11.2. The predicted molar refractivity (Wildman–Crippen MR) is 72.7 cm³/mol. The topological polar surface area (TPSA) is 46.5 Å². The maximum Gasteiger partial charge on any atom is 0.331 e. The van der Waals surface area contributed by atoms with Gasteiger partial charge in [0.15, 0.2) is 8.32 Å². The summed E-state index contributed by atoms with van der Waals surface area (Å²) in [6.07, 6.45) is 1.92. The molecular weight excluding hydrogens is 240 g/mol. The summed E-state index contributed by atoms with van der Waals surface area (Å²) in [4.78, 5) is 11.1. The van der Waals surface area contributed by atoms with Gasteiger partial charge in [0.05, 0.1) is 0 Å². The molecule has 0 bridgehead atoms. The van der Waals surface area contributed by atoms with Crippen molar-refractivity contribution in [1.82, 2.24) is 0 Å². The van der Waals surface area contributed by atoms with Crippen molar-refractivity contribution in [2.24, 2.45) is 0 Å². The molecule has 0 aromatic rings. The van der Waals surface area contributed by atoms with Crippen LogP contribution in [0, 0.1) is 0 Å². The van der Waals surface area contributed by atoms with Crippen LogP contribution < -0.4 is 0 Å². The zero-order valence-corrected chi connectivity index (χ0v) is 13.0. The molecule has 0 heterocycles. The summed E-state index contributed by atoms with van der Waals surface area (Å²) < 4.78 is 5.89. The Kier molecular flexibility index (Phi) is 6.07. The first-order chi connectivity index (χ1) is 7.12. The van der Waals surface area contributed by atoms with Crippen LogP contribution in [-0.2, 0) is 9.22 Å². The van der Waals surface area contributed by atoms with E-state index in [-0.39, 0.29) is 5.04 Å². The summed E-state index contributed by atoms with van der Waals surface area (Å²) in [6.45, 7) is 10.5. The average Bonchev–Trinajstić information content (AvgIpc) is 2.09. The van der Waals surface area contributed by atoms with E-state index in [1.807, 2.05) is 6.26 Å². The van der Waals surface area contributed by atoms with Crippen molar-refractivity contribution >= 4 is 26.0 Å². The van der Waals surface area contributed by atoms with Gasteiger partial charge < -0.3 is 9.53 Å². The SMILES string of the molecule is CSCCC(O[Si](C)(C)C(C)(C)C)C(=O)O. The Morgan fingerprint density at radius 1 is 1.44 bits per heavy atom. The highest BCUT2D eigenvalue weighted by Crippen LogP contribution is 2.37. The molecule has 3 nitrogen and oxygen atoms in total. The van der Waals surface area contributed by atoms with Crippen LogP contribution in [0.3, 0.4) is 0 Å². The maximum atomic E-state index is 11.1. The first kappa shape index (κ1) is 16.0. The van der Waals surface area contributed by atoms with E-state index in [4.69, 9.17) is 9.53 Å². The van der Waals surface area contributed by atoms with Crippen LogP contribution >= 0.6 is 11.8 Å². The van der Waals surface area contributed by atoms with E-state index in [1.165, 1.54) is 0 Å². The first-order valence-corrected chi connectivity index (χ1v) is 9.81. The molecule has 0 aliphatic carbocycles. The minimum atomic E-state index is -1.97. The van der Waals surface area contributed by atoms with Crippen molar-refractivity contribution in [2.45, 2.75) is 51.4 Å². The Morgan fingerprint density at radius 2 is 1.94 bits per heavy atom. The van der Waals surface area contributed by atoms with Gasteiger partial charge in [-0.2, -0.15) is 11.8 Å². The summed E-state index contributed by atoms with van der Waals surface area (Å²) in [5.41, 5.74) is 0. The van der Waals surface area contributed by atoms with Gasteiger partial charge in [-0.05, 0) is 36.6 Å². The molecule has 0 aromatic heterocycles. The highest BCUT2D eigenvalue weighted by Gasteiger charge is 2.40.